The second-order valence-electron chi connectivity index (χ2n) is 4.83. The number of hydrogen-bond acceptors (Lipinski definition) is 4. The molecular formula is C15H21ClN4O. The number of aromatic nitrogens is 3. The molecule has 0 spiro atoms. The number of nitrogens with zero attached hydrogens (tertiary/aromatic N) is 3. The molecular weight excluding hydrogens is 288 g/mol. The molecule has 21 heavy (non-hydrogen) atoms. The Morgan fingerprint density at radius 2 is 2.24 bits per heavy atom. The van der Waals surface area contributed by atoms with Gasteiger partial charge in [0.25, 0.3) is 0 Å². The first-order valence-corrected chi connectivity index (χ1v) is 7.36. The van der Waals surface area contributed by atoms with Crippen LogP contribution in [0.4, 0.5) is 0 Å². The fourth-order valence-corrected chi connectivity index (χ4v) is 2.81. The Morgan fingerprint density at radius 1 is 1.48 bits per heavy atom. The molecule has 2 aromatic heterocycles. The Hall–Kier alpha value is -1.59. The third-order valence-electron chi connectivity index (χ3n) is 3.62. The highest BCUT2D eigenvalue weighted by Crippen LogP contribution is 2.29. The maximum absolute atomic E-state index is 6.43. The normalized spacial score (nSPS) is 12.4. The fourth-order valence-electron chi connectivity index (χ4n) is 2.44. The highest BCUT2D eigenvalue weighted by molar-refractivity contribution is 6.31. The summed E-state index contributed by atoms with van der Waals surface area (Å²) >= 11 is 6.43. The summed E-state index contributed by atoms with van der Waals surface area (Å²) in [5.41, 5.74) is 2.96. The lowest BCUT2D eigenvalue weighted by Gasteiger charge is -2.18. The molecule has 6 heteroatoms. The topological polar surface area (TPSA) is 52.0 Å². The molecule has 0 radical (unpaired) electrons. The maximum Gasteiger partial charge on any atom is 0.217 e. The van der Waals surface area contributed by atoms with Crippen LogP contribution in [-0.4, -0.2) is 28.9 Å². The predicted molar refractivity (Wildman–Crippen MR) is 83.9 cm³/mol. The molecule has 0 aliphatic heterocycles. The molecule has 0 bridgehead atoms. The summed E-state index contributed by atoms with van der Waals surface area (Å²) in [5.74, 6) is 0.630. The van der Waals surface area contributed by atoms with Crippen molar-refractivity contribution in [2.24, 2.45) is 7.05 Å². The van der Waals surface area contributed by atoms with Gasteiger partial charge in [0.2, 0.25) is 5.88 Å². The van der Waals surface area contributed by atoms with E-state index in [1.165, 1.54) is 0 Å². The van der Waals surface area contributed by atoms with Gasteiger partial charge < -0.3 is 10.1 Å². The van der Waals surface area contributed by atoms with Crippen molar-refractivity contribution in [1.82, 2.24) is 20.1 Å². The predicted octanol–water partition coefficient (Wildman–Crippen LogP) is 2.54. The van der Waals surface area contributed by atoms with Gasteiger partial charge in [0, 0.05) is 31.3 Å². The van der Waals surface area contributed by atoms with E-state index in [0.29, 0.717) is 5.88 Å². The van der Waals surface area contributed by atoms with Crippen LogP contribution in [0.15, 0.2) is 18.3 Å². The van der Waals surface area contributed by atoms with E-state index in [0.717, 1.165) is 34.8 Å². The number of pyridine rings is 1. The highest BCUT2D eigenvalue weighted by Gasteiger charge is 2.21. The molecule has 1 N–H and O–H groups in total. The summed E-state index contributed by atoms with van der Waals surface area (Å²) in [6, 6.07) is 3.98. The first-order valence-electron chi connectivity index (χ1n) is 6.98. The van der Waals surface area contributed by atoms with E-state index in [9.17, 15) is 0 Å². The Balaban J connectivity index is 2.34. The van der Waals surface area contributed by atoms with Gasteiger partial charge in [-0.1, -0.05) is 24.6 Å². The Morgan fingerprint density at radius 3 is 2.81 bits per heavy atom. The van der Waals surface area contributed by atoms with Crippen molar-refractivity contribution in [3.05, 3.63) is 40.3 Å². The molecule has 1 unspecified atom stereocenters. The van der Waals surface area contributed by atoms with Gasteiger partial charge in [-0.15, -0.1) is 0 Å². The number of likely N-dealkylation sites (N-methyl/N-ethyl adjacent to an activating group) is 1. The summed E-state index contributed by atoms with van der Waals surface area (Å²) in [5, 5.41) is 8.52. The average molecular weight is 309 g/mol. The Labute approximate surface area is 130 Å². The first-order chi connectivity index (χ1) is 10.1. The van der Waals surface area contributed by atoms with Gasteiger partial charge >= 0.3 is 0 Å². The minimum atomic E-state index is 0.0613. The highest BCUT2D eigenvalue weighted by atomic mass is 35.5. The largest absolute Gasteiger partial charge is 0.481 e. The summed E-state index contributed by atoms with van der Waals surface area (Å²) in [4.78, 5) is 4.26. The number of rotatable bonds is 6. The van der Waals surface area contributed by atoms with E-state index in [1.54, 1.807) is 13.3 Å². The van der Waals surface area contributed by atoms with Crippen LogP contribution in [0.5, 0.6) is 5.88 Å². The molecule has 0 aromatic carbocycles. The smallest absolute Gasteiger partial charge is 0.217 e. The van der Waals surface area contributed by atoms with Crippen molar-refractivity contribution in [2.75, 3.05) is 14.2 Å². The number of methoxy groups -OCH3 is 1. The zero-order valence-electron chi connectivity index (χ0n) is 12.9. The van der Waals surface area contributed by atoms with Crippen molar-refractivity contribution in [2.45, 2.75) is 25.8 Å². The van der Waals surface area contributed by atoms with E-state index in [2.05, 4.69) is 22.3 Å². The molecule has 114 valence electrons. The molecule has 2 aromatic rings. The molecule has 5 nitrogen and oxygen atoms in total. The zero-order chi connectivity index (χ0) is 15.4. The molecule has 2 heterocycles. The van der Waals surface area contributed by atoms with Crippen LogP contribution in [0.3, 0.4) is 0 Å². The number of nitrogens with one attached hydrogen (secondary N) is 1. The summed E-state index contributed by atoms with van der Waals surface area (Å²) < 4.78 is 7.20. The molecule has 0 aliphatic carbocycles. The SMILES string of the molecule is CCc1nn(C)c(CC(NC)c2cccnc2OC)c1Cl. The van der Waals surface area contributed by atoms with Crippen molar-refractivity contribution >= 4 is 11.6 Å². The summed E-state index contributed by atoms with van der Waals surface area (Å²) in [6.07, 6.45) is 3.27. The van der Waals surface area contributed by atoms with Crippen LogP contribution in [0.2, 0.25) is 5.02 Å². The fraction of sp³-hybridized carbons (Fsp3) is 0.467. The molecule has 0 saturated heterocycles. The van der Waals surface area contributed by atoms with E-state index in [-0.39, 0.29) is 6.04 Å². The van der Waals surface area contributed by atoms with Crippen molar-refractivity contribution in [3.63, 3.8) is 0 Å². The van der Waals surface area contributed by atoms with Crippen molar-refractivity contribution in [3.8, 4) is 5.88 Å². The van der Waals surface area contributed by atoms with E-state index >= 15 is 0 Å². The van der Waals surface area contributed by atoms with Gasteiger partial charge in [0.1, 0.15) is 0 Å². The monoisotopic (exact) mass is 308 g/mol. The summed E-state index contributed by atoms with van der Waals surface area (Å²) in [7, 11) is 5.47. The van der Waals surface area contributed by atoms with Crippen LogP contribution in [0, 0.1) is 0 Å². The van der Waals surface area contributed by atoms with Crippen LogP contribution in [0.1, 0.15) is 29.9 Å². The third-order valence-corrected chi connectivity index (χ3v) is 4.05. The lowest BCUT2D eigenvalue weighted by Crippen LogP contribution is -2.21. The molecule has 2 rings (SSSR count). The van der Waals surface area contributed by atoms with Gasteiger partial charge in [-0.25, -0.2) is 4.98 Å². The number of ether oxygens (including phenoxy) is 1. The standard InChI is InChI=1S/C15H21ClN4O/c1-5-11-14(16)13(20(3)19-11)9-12(17-2)10-7-6-8-18-15(10)21-4/h6-8,12,17H,5,9H2,1-4H3. The molecule has 0 aliphatic rings. The molecule has 0 fully saturated rings. The van der Waals surface area contributed by atoms with Crippen LogP contribution in [0.25, 0.3) is 0 Å². The lowest BCUT2D eigenvalue weighted by molar-refractivity contribution is 0.383. The quantitative estimate of drug-likeness (QED) is 0.891. The van der Waals surface area contributed by atoms with Gasteiger partial charge in [0.15, 0.2) is 0 Å². The molecule has 1 atom stereocenters. The Kier molecular flexibility index (Phi) is 5.20. The summed E-state index contributed by atoms with van der Waals surface area (Å²) in [6.45, 7) is 2.05. The second-order valence-corrected chi connectivity index (χ2v) is 5.21. The third kappa shape index (κ3) is 3.19. The van der Waals surface area contributed by atoms with Gasteiger partial charge in [-0.2, -0.15) is 5.10 Å². The van der Waals surface area contributed by atoms with E-state index < -0.39 is 0 Å². The Bertz CT molecular complexity index is 612. The van der Waals surface area contributed by atoms with Crippen LogP contribution >= 0.6 is 11.6 Å². The van der Waals surface area contributed by atoms with Crippen molar-refractivity contribution in [1.29, 1.82) is 0 Å². The van der Waals surface area contributed by atoms with E-state index in [1.807, 2.05) is 30.9 Å². The average Bonchev–Trinajstić information content (AvgIpc) is 2.79. The first kappa shape index (κ1) is 15.8. The second kappa shape index (κ2) is 6.91. The van der Waals surface area contributed by atoms with Gasteiger partial charge in [0.05, 0.1) is 23.5 Å². The van der Waals surface area contributed by atoms with E-state index in [4.69, 9.17) is 16.3 Å². The van der Waals surface area contributed by atoms with Gasteiger partial charge in [-0.3, -0.25) is 4.68 Å². The van der Waals surface area contributed by atoms with Crippen molar-refractivity contribution < 1.29 is 4.74 Å². The van der Waals surface area contributed by atoms with Crippen LogP contribution < -0.4 is 10.1 Å². The minimum absolute atomic E-state index is 0.0613. The molecule has 0 amide bonds. The number of halogens is 1. The maximum atomic E-state index is 6.43. The lowest BCUT2D eigenvalue weighted by atomic mass is 10.0. The zero-order valence-corrected chi connectivity index (χ0v) is 13.6. The minimum Gasteiger partial charge on any atom is -0.481 e. The van der Waals surface area contributed by atoms with Crippen LogP contribution in [-0.2, 0) is 19.9 Å². The molecule has 0 saturated carbocycles. The van der Waals surface area contributed by atoms with Gasteiger partial charge in [-0.05, 0) is 19.5 Å². The number of aryl methyl sites for hydroxylation is 2. The number of hydrogen-bond donors (Lipinski definition) is 1.